The van der Waals surface area contributed by atoms with Crippen LogP contribution in [0.2, 0.25) is 5.02 Å². The maximum absolute atomic E-state index is 10.3. The zero-order valence-corrected chi connectivity index (χ0v) is 22.7. The highest BCUT2D eigenvalue weighted by Crippen LogP contribution is 2.36. The topological polar surface area (TPSA) is 126 Å². The van der Waals surface area contributed by atoms with Gasteiger partial charge in [0.15, 0.2) is 11.6 Å². The second-order valence-corrected chi connectivity index (χ2v) is 10.5. The second kappa shape index (κ2) is 10.1. The van der Waals surface area contributed by atoms with Gasteiger partial charge in [-0.15, -0.1) is 0 Å². The van der Waals surface area contributed by atoms with Crippen molar-refractivity contribution in [2.75, 3.05) is 5.73 Å². The van der Waals surface area contributed by atoms with Crippen molar-refractivity contribution in [1.82, 2.24) is 29.9 Å². The fraction of sp³-hybridized carbons (Fsp3) is 0.129. The standard InChI is InChI=1S/C31H26ClN7O/c1-31(2,40)24-12-6-11-21(36-24)16-22-17-35-30(37-22)28-29(33)39-26(18-8-4-3-5-9-18)27(38-28)20-14-19-10-7-13-34-25(19)23(32)15-20/h3-15,17,40H,16H2,1-2H3,(H2,33,39)(H,35,37). The van der Waals surface area contributed by atoms with Crippen LogP contribution in [0.1, 0.15) is 30.9 Å². The highest BCUT2D eigenvalue weighted by Gasteiger charge is 2.21. The van der Waals surface area contributed by atoms with Gasteiger partial charge in [-0.1, -0.05) is 54.1 Å². The maximum atomic E-state index is 10.3. The molecule has 0 saturated heterocycles. The Kier molecular flexibility index (Phi) is 6.50. The van der Waals surface area contributed by atoms with Crippen molar-refractivity contribution < 1.29 is 5.11 Å². The number of nitrogens with two attached hydrogens (primary N) is 1. The SMILES string of the molecule is CC(C)(O)c1cccc(Cc2cnc(-c3nc(-c4cc(Cl)c5ncccc5c4)c(-c4ccccc4)nc3N)[nH]2)n1. The molecule has 198 valence electrons. The number of rotatable bonds is 6. The van der Waals surface area contributed by atoms with Gasteiger partial charge in [-0.2, -0.15) is 0 Å². The number of hydrogen-bond donors (Lipinski definition) is 3. The summed E-state index contributed by atoms with van der Waals surface area (Å²) in [5.74, 6) is 0.743. The summed E-state index contributed by atoms with van der Waals surface area (Å²) in [6.07, 6.45) is 3.94. The molecule has 4 heterocycles. The summed E-state index contributed by atoms with van der Waals surface area (Å²) in [6, 6.07) is 23.1. The number of imidazole rings is 1. The van der Waals surface area contributed by atoms with Crippen LogP contribution in [-0.4, -0.2) is 35.0 Å². The van der Waals surface area contributed by atoms with E-state index in [0.717, 1.165) is 33.4 Å². The number of hydrogen-bond acceptors (Lipinski definition) is 7. The predicted octanol–water partition coefficient (Wildman–Crippen LogP) is 6.20. The van der Waals surface area contributed by atoms with Gasteiger partial charge in [-0.25, -0.2) is 15.0 Å². The number of nitrogens with one attached hydrogen (secondary N) is 1. The Bertz CT molecular complexity index is 1850. The number of H-pyrrole nitrogens is 1. The lowest BCUT2D eigenvalue weighted by atomic mass is 10.0. The first-order valence-electron chi connectivity index (χ1n) is 12.8. The van der Waals surface area contributed by atoms with Crippen molar-refractivity contribution in [2.24, 2.45) is 0 Å². The summed E-state index contributed by atoms with van der Waals surface area (Å²) in [5.41, 5.74) is 11.8. The zero-order chi connectivity index (χ0) is 27.9. The molecule has 4 aromatic heterocycles. The van der Waals surface area contributed by atoms with Gasteiger partial charge in [-0.05, 0) is 44.2 Å². The number of benzene rings is 2. The quantitative estimate of drug-likeness (QED) is 0.226. The zero-order valence-electron chi connectivity index (χ0n) is 21.9. The van der Waals surface area contributed by atoms with Gasteiger partial charge in [0.25, 0.3) is 0 Å². The van der Waals surface area contributed by atoms with Crippen LogP contribution in [-0.2, 0) is 12.0 Å². The predicted molar refractivity (Wildman–Crippen MR) is 157 cm³/mol. The third-order valence-electron chi connectivity index (χ3n) is 6.56. The molecule has 6 aromatic rings. The average Bonchev–Trinajstić information content (AvgIpc) is 3.41. The number of pyridine rings is 2. The molecule has 0 fully saturated rings. The van der Waals surface area contributed by atoms with Crippen LogP contribution < -0.4 is 5.73 Å². The molecule has 0 aliphatic rings. The molecule has 8 nitrogen and oxygen atoms in total. The summed E-state index contributed by atoms with van der Waals surface area (Å²) in [5, 5.41) is 11.8. The van der Waals surface area contributed by atoms with E-state index in [4.69, 9.17) is 27.3 Å². The third-order valence-corrected chi connectivity index (χ3v) is 6.85. The number of nitrogen functional groups attached to an aromatic ring is 1. The summed E-state index contributed by atoms with van der Waals surface area (Å²) in [7, 11) is 0. The number of fused-ring (bicyclic) bond motifs is 1. The lowest BCUT2D eigenvalue weighted by molar-refractivity contribution is 0.0736. The lowest BCUT2D eigenvalue weighted by Crippen LogP contribution is -2.18. The van der Waals surface area contributed by atoms with E-state index in [0.29, 0.717) is 40.0 Å². The second-order valence-electron chi connectivity index (χ2n) is 10.1. The van der Waals surface area contributed by atoms with Gasteiger partial charge >= 0.3 is 0 Å². The van der Waals surface area contributed by atoms with Crippen LogP contribution in [0.4, 0.5) is 5.82 Å². The van der Waals surface area contributed by atoms with Gasteiger partial charge in [0.05, 0.1) is 27.6 Å². The Labute approximate surface area is 236 Å². The van der Waals surface area contributed by atoms with Crippen molar-refractivity contribution in [3.8, 4) is 34.0 Å². The van der Waals surface area contributed by atoms with Crippen LogP contribution in [0.5, 0.6) is 0 Å². The molecular formula is C31H26ClN7O. The van der Waals surface area contributed by atoms with Crippen LogP contribution in [0.3, 0.4) is 0 Å². The van der Waals surface area contributed by atoms with Crippen LogP contribution >= 0.6 is 11.6 Å². The van der Waals surface area contributed by atoms with E-state index in [1.165, 1.54) is 0 Å². The Balaban J connectivity index is 1.44. The first kappa shape index (κ1) is 25.6. The van der Waals surface area contributed by atoms with Crippen LogP contribution in [0.15, 0.2) is 85.2 Å². The smallest absolute Gasteiger partial charge is 0.160 e. The van der Waals surface area contributed by atoms with E-state index in [1.54, 1.807) is 26.2 Å². The molecule has 4 N–H and O–H groups in total. The molecule has 0 saturated carbocycles. The summed E-state index contributed by atoms with van der Waals surface area (Å²) in [6.45, 7) is 3.43. The van der Waals surface area contributed by atoms with Crippen molar-refractivity contribution >= 4 is 28.3 Å². The monoisotopic (exact) mass is 547 g/mol. The molecule has 0 aliphatic heterocycles. The fourth-order valence-electron chi connectivity index (χ4n) is 4.59. The number of aromatic nitrogens is 6. The Morgan fingerprint density at radius 3 is 2.45 bits per heavy atom. The number of nitrogens with zero attached hydrogens (tertiary/aromatic N) is 5. The summed E-state index contributed by atoms with van der Waals surface area (Å²) < 4.78 is 0. The van der Waals surface area contributed by atoms with Crippen molar-refractivity contribution in [2.45, 2.75) is 25.9 Å². The molecule has 0 aliphatic carbocycles. The molecule has 0 spiro atoms. The van der Waals surface area contributed by atoms with Crippen molar-refractivity contribution in [1.29, 1.82) is 0 Å². The van der Waals surface area contributed by atoms with E-state index in [9.17, 15) is 5.11 Å². The first-order chi connectivity index (χ1) is 19.3. The number of halogens is 1. The molecule has 0 amide bonds. The van der Waals surface area contributed by atoms with Crippen LogP contribution in [0.25, 0.3) is 44.9 Å². The van der Waals surface area contributed by atoms with Gasteiger partial charge in [0.2, 0.25) is 0 Å². The largest absolute Gasteiger partial charge is 0.384 e. The van der Waals surface area contributed by atoms with Gasteiger partial charge in [0, 0.05) is 46.7 Å². The van der Waals surface area contributed by atoms with Crippen molar-refractivity contribution in [3.05, 3.63) is 107 Å². The van der Waals surface area contributed by atoms with E-state index in [2.05, 4.69) is 19.9 Å². The van der Waals surface area contributed by atoms with E-state index < -0.39 is 5.60 Å². The molecule has 0 unspecified atom stereocenters. The third kappa shape index (κ3) is 5.02. The summed E-state index contributed by atoms with van der Waals surface area (Å²) in [4.78, 5) is 26.7. The molecule has 2 aromatic carbocycles. The minimum atomic E-state index is -1.03. The Morgan fingerprint density at radius 1 is 0.850 bits per heavy atom. The number of aliphatic hydroxyl groups is 1. The van der Waals surface area contributed by atoms with Gasteiger partial charge < -0.3 is 15.8 Å². The molecule has 0 radical (unpaired) electrons. The molecule has 0 atom stereocenters. The molecule has 6 rings (SSSR count). The maximum Gasteiger partial charge on any atom is 0.160 e. The van der Waals surface area contributed by atoms with Gasteiger partial charge in [-0.3, -0.25) is 9.97 Å². The van der Waals surface area contributed by atoms with E-state index in [1.807, 2.05) is 72.8 Å². The van der Waals surface area contributed by atoms with E-state index >= 15 is 0 Å². The van der Waals surface area contributed by atoms with Gasteiger partial charge in [0.1, 0.15) is 11.3 Å². The highest BCUT2D eigenvalue weighted by atomic mass is 35.5. The average molecular weight is 548 g/mol. The normalized spacial score (nSPS) is 11.7. The molecule has 40 heavy (non-hydrogen) atoms. The Hall–Kier alpha value is -4.66. The van der Waals surface area contributed by atoms with Crippen LogP contribution in [0, 0.1) is 0 Å². The molecular weight excluding hydrogens is 522 g/mol. The molecule has 9 heteroatoms. The molecule has 0 bridgehead atoms. The first-order valence-corrected chi connectivity index (χ1v) is 13.1. The summed E-state index contributed by atoms with van der Waals surface area (Å²) >= 11 is 6.64. The minimum absolute atomic E-state index is 0.249. The fourth-order valence-corrected chi connectivity index (χ4v) is 4.86. The number of aromatic amines is 1. The number of anilines is 1. The minimum Gasteiger partial charge on any atom is -0.384 e. The highest BCUT2D eigenvalue weighted by molar-refractivity contribution is 6.35. The van der Waals surface area contributed by atoms with Crippen molar-refractivity contribution in [3.63, 3.8) is 0 Å². The Morgan fingerprint density at radius 2 is 1.65 bits per heavy atom. The van der Waals surface area contributed by atoms with E-state index in [-0.39, 0.29) is 5.82 Å². The lowest BCUT2D eigenvalue weighted by Gasteiger charge is -2.17.